The molecule has 0 spiro atoms. The van der Waals surface area contributed by atoms with Gasteiger partial charge in [-0.1, -0.05) is 84.4 Å². The van der Waals surface area contributed by atoms with E-state index in [1.165, 1.54) is 4.90 Å². The standard InChI is InChI=1S/C28H20ClNO3S/c29-24-15-20(11-13-25(24)33-18-19-6-2-1-3-7-19)16-26-27(31)30(28(32)34-26)17-21-10-12-22-8-4-5-9-23(22)14-21/h1-16H,17-18H2/b26-16-. The Bertz CT molecular complexity index is 1420. The molecule has 1 aliphatic heterocycles. The number of hydrogen-bond acceptors (Lipinski definition) is 4. The smallest absolute Gasteiger partial charge is 0.293 e. The first-order valence-electron chi connectivity index (χ1n) is 10.8. The van der Waals surface area contributed by atoms with Crippen LogP contribution in [0.1, 0.15) is 16.7 Å². The molecule has 0 unspecified atom stereocenters. The Morgan fingerprint density at radius 3 is 2.38 bits per heavy atom. The highest BCUT2D eigenvalue weighted by Crippen LogP contribution is 2.35. The summed E-state index contributed by atoms with van der Waals surface area (Å²) >= 11 is 7.35. The number of imide groups is 1. The fourth-order valence-corrected chi connectivity index (χ4v) is 4.85. The van der Waals surface area contributed by atoms with Crippen molar-refractivity contribution in [2.24, 2.45) is 0 Å². The van der Waals surface area contributed by atoms with Gasteiger partial charge in [0.05, 0.1) is 16.5 Å². The summed E-state index contributed by atoms with van der Waals surface area (Å²) in [4.78, 5) is 27.2. The third-order valence-electron chi connectivity index (χ3n) is 5.52. The van der Waals surface area contributed by atoms with Gasteiger partial charge in [-0.2, -0.15) is 0 Å². The Kier molecular flexibility index (Phi) is 6.39. The van der Waals surface area contributed by atoms with Crippen molar-refractivity contribution >= 4 is 51.4 Å². The normalized spacial score (nSPS) is 14.9. The van der Waals surface area contributed by atoms with Crippen LogP contribution in [0.3, 0.4) is 0 Å². The van der Waals surface area contributed by atoms with Gasteiger partial charge in [0, 0.05) is 0 Å². The van der Waals surface area contributed by atoms with Crippen LogP contribution >= 0.6 is 23.4 Å². The van der Waals surface area contributed by atoms with E-state index in [0.29, 0.717) is 22.3 Å². The quantitative estimate of drug-likeness (QED) is 0.269. The molecule has 4 nitrogen and oxygen atoms in total. The maximum absolute atomic E-state index is 13.0. The van der Waals surface area contributed by atoms with Crippen LogP contribution in [0.4, 0.5) is 4.79 Å². The molecule has 1 fully saturated rings. The molecule has 0 atom stereocenters. The average Bonchev–Trinajstić information content (AvgIpc) is 3.11. The SMILES string of the molecule is O=C1S/C(=C\c2ccc(OCc3ccccc3)c(Cl)c2)C(=O)N1Cc1ccc2ccccc2c1. The molecule has 5 rings (SSSR count). The van der Waals surface area contributed by atoms with E-state index in [2.05, 4.69) is 0 Å². The van der Waals surface area contributed by atoms with Crippen molar-refractivity contribution in [2.45, 2.75) is 13.2 Å². The van der Waals surface area contributed by atoms with Gasteiger partial charge < -0.3 is 4.74 Å². The summed E-state index contributed by atoms with van der Waals surface area (Å²) in [5.74, 6) is 0.260. The molecule has 34 heavy (non-hydrogen) atoms. The second kappa shape index (κ2) is 9.75. The minimum absolute atomic E-state index is 0.236. The lowest BCUT2D eigenvalue weighted by atomic mass is 10.1. The van der Waals surface area contributed by atoms with E-state index in [1.807, 2.05) is 78.9 Å². The number of fused-ring (bicyclic) bond motifs is 1. The molecule has 0 bridgehead atoms. The first-order chi connectivity index (χ1) is 16.6. The van der Waals surface area contributed by atoms with E-state index in [-0.39, 0.29) is 17.7 Å². The Morgan fingerprint density at radius 2 is 1.59 bits per heavy atom. The number of carbonyl (C=O) groups excluding carboxylic acids is 2. The molecule has 0 aromatic heterocycles. The monoisotopic (exact) mass is 485 g/mol. The van der Waals surface area contributed by atoms with Crippen LogP contribution < -0.4 is 4.74 Å². The summed E-state index contributed by atoms with van der Waals surface area (Å²) in [6.07, 6.45) is 1.69. The summed E-state index contributed by atoms with van der Waals surface area (Å²) in [5.41, 5.74) is 2.68. The van der Waals surface area contributed by atoms with Crippen LogP contribution in [0.2, 0.25) is 5.02 Å². The Hall–Kier alpha value is -3.54. The van der Waals surface area contributed by atoms with Crippen LogP contribution in [0.15, 0.2) is 95.9 Å². The zero-order valence-corrected chi connectivity index (χ0v) is 19.7. The Morgan fingerprint density at radius 1 is 0.824 bits per heavy atom. The molecular formula is C28H20ClNO3S. The maximum Gasteiger partial charge on any atom is 0.293 e. The zero-order chi connectivity index (χ0) is 23.5. The number of thioether (sulfide) groups is 1. The predicted octanol–water partition coefficient (Wildman–Crippen LogP) is 7.31. The first-order valence-corrected chi connectivity index (χ1v) is 12.0. The number of amides is 2. The lowest BCUT2D eigenvalue weighted by Gasteiger charge is -2.13. The van der Waals surface area contributed by atoms with Crippen molar-refractivity contribution in [2.75, 3.05) is 0 Å². The van der Waals surface area contributed by atoms with Gasteiger partial charge in [0.2, 0.25) is 0 Å². The fourth-order valence-electron chi connectivity index (χ4n) is 3.77. The molecule has 1 heterocycles. The van der Waals surface area contributed by atoms with Crippen molar-refractivity contribution in [1.29, 1.82) is 0 Å². The van der Waals surface area contributed by atoms with Gasteiger partial charge in [0.15, 0.2) is 0 Å². The zero-order valence-electron chi connectivity index (χ0n) is 18.1. The molecule has 168 valence electrons. The van der Waals surface area contributed by atoms with Crippen molar-refractivity contribution in [1.82, 2.24) is 4.90 Å². The van der Waals surface area contributed by atoms with Crippen molar-refractivity contribution < 1.29 is 14.3 Å². The Balaban J connectivity index is 1.29. The van der Waals surface area contributed by atoms with Gasteiger partial charge in [-0.05, 0) is 63.5 Å². The van der Waals surface area contributed by atoms with E-state index in [4.69, 9.17) is 16.3 Å². The van der Waals surface area contributed by atoms with Crippen LogP contribution in [0.5, 0.6) is 5.75 Å². The lowest BCUT2D eigenvalue weighted by Crippen LogP contribution is -2.27. The summed E-state index contributed by atoms with van der Waals surface area (Å²) in [6, 6.07) is 29.1. The van der Waals surface area contributed by atoms with Gasteiger partial charge >= 0.3 is 0 Å². The van der Waals surface area contributed by atoms with Crippen LogP contribution in [0.25, 0.3) is 16.8 Å². The highest BCUT2D eigenvalue weighted by Gasteiger charge is 2.35. The minimum Gasteiger partial charge on any atom is -0.487 e. The summed E-state index contributed by atoms with van der Waals surface area (Å²) < 4.78 is 5.81. The lowest BCUT2D eigenvalue weighted by molar-refractivity contribution is -0.123. The summed E-state index contributed by atoms with van der Waals surface area (Å²) in [5, 5.41) is 2.36. The largest absolute Gasteiger partial charge is 0.487 e. The minimum atomic E-state index is -0.302. The molecule has 1 aliphatic rings. The Labute approximate surface area is 206 Å². The first kappa shape index (κ1) is 22.3. The fraction of sp³-hybridized carbons (Fsp3) is 0.0714. The number of carbonyl (C=O) groups is 2. The number of rotatable bonds is 6. The molecule has 0 aliphatic carbocycles. The van der Waals surface area contributed by atoms with Gasteiger partial charge in [-0.25, -0.2) is 0 Å². The van der Waals surface area contributed by atoms with E-state index >= 15 is 0 Å². The summed E-state index contributed by atoms with van der Waals surface area (Å²) in [7, 11) is 0. The van der Waals surface area contributed by atoms with Crippen molar-refractivity contribution in [3.63, 3.8) is 0 Å². The number of ether oxygens (including phenoxy) is 1. The van der Waals surface area contributed by atoms with Crippen LogP contribution in [-0.2, 0) is 17.9 Å². The maximum atomic E-state index is 13.0. The van der Waals surface area contributed by atoms with Gasteiger partial charge in [0.1, 0.15) is 12.4 Å². The number of benzene rings is 4. The molecule has 1 saturated heterocycles. The van der Waals surface area contributed by atoms with Gasteiger partial charge in [-0.15, -0.1) is 0 Å². The van der Waals surface area contributed by atoms with E-state index in [1.54, 1.807) is 18.2 Å². The molecule has 0 N–H and O–H groups in total. The molecule has 4 aromatic rings. The second-order valence-electron chi connectivity index (χ2n) is 7.91. The molecule has 6 heteroatoms. The number of halogens is 1. The average molecular weight is 486 g/mol. The number of hydrogen-bond donors (Lipinski definition) is 0. The van der Waals surface area contributed by atoms with E-state index in [9.17, 15) is 9.59 Å². The third-order valence-corrected chi connectivity index (χ3v) is 6.72. The van der Waals surface area contributed by atoms with Crippen LogP contribution in [0, 0.1) is 0 Å². The number of nitrogens with zero attached hydrogens (tertiary/aromatic N) is 1. The van der Waals surface area contributed by atoms with Gasteiger partial charge in [0.25, 0.3) is 11.1 Å². The highest BCUT2D eigenvalue weighted by molar-refractivity contribution is 8.18. The molecule has 4 aromatic carbocycles. The predicted molar refractivity (Wildman–Crippen MR) is 138 cm³/mol. The van der Waals surface area contributed by atoms with Crippen molar-refractivity contribution in [3.8, 4) is 5.75 Å². The van der Waals surface area contributed by atoms with Gasteiger partial charge in [-0.3, -0.25) is 14.5 Å². The third kappa shape index (κ3) is 4.86. The molecule has 0 saturated carbocycles. The highest BCUT2D eigenvalue weighted by atomic mass is 35.5. The van der Waals surface area contributed by atoms with Crippen molar-refractivity contribution in [3.05, 3.63) is 118 Å². The second-order valence-corrected chi connectivity index (χ2v) is 9.31. The summed E-state index contributed by atoms with van der Waals surface area (Å²) in [6.45, 7) is 0.646. The van der Waals surface area contributed by atoms with Crippen LogP contribution in [-0.4, -0.2) is 16.0 Å². The van der Waals surface area contributed by atoms with E-state index < -0.39 is 0 Å². The molecule has 0 radical (unpaired) electrons. The molecular weight excluding hydrogens is 466 g/mol. The molecule has 2 amide bonds. The van der Waals surface area contributed by atoms with E-state index in [0.717, 1.165) is 39.2 Å². The topological polar surface area (TPSA) is 46.6 Å².